The molecule has 7 heteroatoms. The molecule has 1 aliphatic rings. The molecule has 24 heavy (non-hydrogen) atoms. The van der Waals surface area contributed by atoms with Crippen LogP contribution in [0.1, 0.15) is 44.7 Å². The maximum atomic E-state index is 12.4. The molecule has 4 N–H and O–H groups in total. The number of carbonyl (C=O) groups excluding carboxylic acids is 1. The molecule has 132 valence electrons. The average Bonchev–Trinajstić information content (AvgIpc) is 3.05. The summed E-state index contributed by atoms with van der Waals surface area (Å²) in [5.74, 6) is -0.553. The van der Waals surface area contributed by atoms with Gasteiger partial charge in [0.05, 0.1) is 7.11 Å². The summed E-state index contributed by atoms with van der Waals surface area (Å²) >= 11 is 0. The highest BCUT2D eigenvalue weighted by Crippen LogP contribution is 2.25. The summed E-state index contributed by atoms with van der Waals surface area (Å²) in [5, 5.41) is 12.0. The largest absolute Gasteiger partial charge is 0.497 e. The summed E-state index contributed by atoms with van der Waals surface area (Å²) in [6.45, 7) is 3.43. The third kappa shape index (κ3) is 4.04. The predicted molar refractivity (Wildman–Crippen MR) is 89.5 cm³/mol. The molecule has 1 amide bonds. The Labute approximate surface area is 141 Å². The van der Waals surface area contributed by atoms with Crippen LogP contribution in [0, 0.1) is 0 Å². The second-order valence-corrected chi connectivity index (χ2v) is 6.28. The number of carboxylic acids is 1. The molecule has 1 aromatic rings. The minimum absolute atomic E-state index is 0.0195. The molecule has 1 aromatic carbocycles. The van der Waals surface area contributed by atoms with Crippen molar-refractivity contribution in [1.29, 1.82) is 0 Å². The van der Waals surface area contributed by atoms with E-state index in [1.54, 1.807) is 14.0 Å². The summed E-state index contributed by atoms with van der Waals surface area (Å²) in [6, 6.07) is 7.12. The molecule has 0 saturated carbocycles. The zero-order valence-corrected chi connectivity index (χ0v) is 14.3. The standard InChI is InChI=1S/C17H25N3O4/c1-4-9-17(2,16(22)23)18-15(21)14-10-13(19-20-14)11-5-7-12(24-3)8-6-11/h5-8,13-14,19-20H,4,9-10H2,1-3H3,(H,18,21)(H,22,23). The minimum atomic E-state index is -1.24. The van der Waals surface area contributed by atoms with Gasteiger partial charge in [0, 0.05) is 6.04 Å². The molecule has 0 spiro atoms. The molecular formula is C17H25N3O4. The fourth-order valence-corrected chi connectivity index (χ4v) is 2.86. The molecule has 1 heterocycles. The van der Waals surface area contributed by atoms with Crippen LogP contribution in [0.25, 0.3) is 0 Å². The molecule has 0 aliphatic carbocycles. The maximum Gasteiger partial charge on any atom is 0.329 e. The summed E-state index contributed by atoms with van der Waals surface area (Å²) in [4.78, 5) is 23.9. The topological polar surface area (TPSA) is 99.7 Å². The van der Waals surface area contributed by atoms with Crippen LogP contribution >= 0.6 is 0 Å². The van der Waals surface area contributed by atoms with Crippen LogP contribution < -0.4 is 20.9 Å². The average molecular weight is 335 g/mol. The number of hydrogen-bond donors (Lipinski definition) is 4. The van der Waals surface area contributed by atoms with Crippen molar-refractivity contribution in [3.63, 3.8) is 0 Å². The molecule has 1 saturated heterocycles. The third-order valence-corrected chi connectivity index (χ3v) is 4.36. The van der Waals surface area contributed by atoms with Gasteiger partial charge < -0.3 is 15.2 Å². The van der Waals surface area contributed by atoms with Crippen LogP contribution in [-0.2, 0) is 9.59 Å². The van der Waals surface area contributed by atoms with Crippen molar-refractivity contribution in [1.82, 2.24) is 16.2 Å². The Bertz CT molecular complexity index is 590. The molecule has 0 bridgehead atoms. The fourth-order valence-electron chi connectivity index (χ4n) is 2.86. The maximum absolute atomic E-state index is 12.4. The van der Waals surface area contributed by atoms with Gasteiger partial charge >= 0.3 is 5.97 Å². The van der Waals surface area contributed by atoms with Gasteiger partial charge in [-0.05, 0) is 37.5 Å². The number of hydrogen-bond acceptors (Lipinski definition) is 5. The van der Waals surface area contributed by atoms with E-state index in [4.69, 9.17) is 4.74 Å². The van der Waals surface area contributed by atoms with Gasteiger partial charge in [0.25, 0.3) is 0 Å². The molecule has 7 nitrogen and oxygen atoms in total. The van der Waals surface area contributed by atoms with Gasteiger partial charge in [0.1, 0.15) is 17.3 Å². The Morgan fingerprint density at radius 2 is 2.00 bits per heavy atom. The van der Waals surface area contributed by atoms with Crippen LogP contribution in [0.2, 0.25) is 0 Å². The van der Waals surface area contributed by atoms with Gasteiger partial charge in [0.2, 0.25) is 5.91 Å². The van der Waals surface area contributed by atoms with Crippen molar-refractivity contribution in [3.05, 3.63) is 29.8 Å². The van der Waals surface area contributed by atoms with Crippen LogP contribution in [-0.4, -0.2) is 35.7 Å². The SMILES string of the molecule is CCCC(C)(NC(=O)C1CC(c2ccc(OC)cc2)NN1)C(=O)O. The zero-order chi connectivity index (χ0) is 17.7. The lowest BCUT2D eigenvalue weighted by Gasteiger charge is -2.27. The zero-order valence-electron chi connectivity index (χ0n) is 14.3. The van der Waals surface area contributed by atoms with E-state index in [1.165, 1.54) is 0 Å². The number of aliphatic carboxylic acids is 1. The van der Waals surface area contributed by atoms with Crippen LogP contribution in [0.4, 0.5) is 0 Å². The highest BCUT2D eigenvalue weighted by Gasteiger charge is 2.38. The Balaban J connectivity index is 1.98. The smallest absolute Gasteiger partial charge is 0.329 e. The molecule has 1 fully saturated rings. The summed E-state index contributed by atoms with van der Waals surface area (Å²) < 4.78 is 5.14. The van der Waals surface area contributed by atoms with E-state index in [2.05, 4.69) is 16.2 Å². The van der Waals surface area contributed by atoms with E-state index in [1.807, 2.05) is 31.2 Å². The number of rotatable bonds is 7. The van der Waals surface area contributed by atoms with Gasteiger partial charge in [-0.1, -0.05) is 25.5 Å². The number of carboxylic acid groups (broad SMARTS) is 1. The van der Waals surface area contributed by atoms with E-state index >= 15 is 0 Å². The highest BCUT2D eigenvalue weighted by molar-refractivity contribution is 5.89. The summed E-state index contributed by atoms with van der Waals surface area (Å²) in [5.41, 5.74) is 5.83. The number of methoxy groups -OCH3 is 1. The normalized spacial score (nSPS) is 22.6. The second-order valence-electron chi connectivity index (χ2n) is 6.28. The quantitative estimate of drug-likeness (QED) is 0.600. The Kier molecular flexibility index (Phi) is 5.80. The molecule has 3 unspecified atom stereocenters. The molecule has 1 aliphatic heterocycles. The van der Waals surface area contributed by atoms with Crippen molar-refractivity contribution < 1.29 is 19.4 Å². The Morgan fingerprint density at radius 1 is 1.33 bits per heavy atom. The van der Waals surface area contributed by atoms with Crippen molar-refractivity contribution in [2.75, 3.05) is 7.11 Å². The van der Waals surface area contributed by atoms with E-state index in [-0.39, 0.29) is 11.9 Å². The lowest BCUT2D eigenvalue weighted by molar-refractivity contribution is -0.147. The van der Waals surface area contributed by atoms with Crippen molar-refractivity contribution in [2.45, 2.75) is 50.7 Å². The van der Waals surface area contributed by atoms with Gasteiger partial charge in [0.15, 0.2) is 0 Å². The molecule has 0 aromatic heterocycles. The summed E-state index contributed by atoms with van der Waals surface area (Å²) in [6.07, 6.45) is 1.60. The van der Waals surface area contributed by atoms with Crippen LogP contribution in [0.3, 0.4) is 0 Å². The van der Waals surface area contributed by atoms with E-state index in [0.717, 1.165) is 11.3 Å². The molecule has 2 rings (SSSR count). The molecule has 3 atom stereocenters. The first kappa shape index (κ1) is 18.2. The van der Waals surface area contributed by atoms with Gasteiger partial charge in [-0.2, -0.15) is 0 Å². The van der Waals surface area contributed by atoms with E-state index < -0.39 is 17.6 Å². The van der Waals surface area contributed by atoms with Crippen molar-refractivity contribution in [2.24, 2.45) is 0 Å². The number of hydrazine groups is 1. The first-order chi connectivity index (χ1) is 11.4. The first-order valence-electron chi connectivity index (χ1n) is 8.10. The Hall–Kier alpha value is -2.12. The lowest BCUT2D eigenvalue weighted by Crippen LogP contribution is -2.56. The minimum Gasteiger partial charge on any atom is -0.497 e. The van der Waals surface area contributed by atoms with Gasteiger partial charge in [-0.3, -0.25) is 4.79 Å². The van der Waals surface area contributed by atoms with Crippen LogP contribution in [0.15, 0.2) is 24.3 Å². The van der Waals surface area contributed by atoms with Crippen LogP contribution in [0.5, 0.6) is 5.75 Å². The number of nitrogens with one attached hydrogen (secondary N) is 3. The monoisotopic (exact) mass is 335 g/mol. The van der Waals surface area contributed by atoms with Gasteiger partial charge in [-0.25, -0.2) is 15.6 Å². The lowest BCUT2D eigenvalue weighted by atomic mass is 9.95. The van der Waals surface area contributed by atoms with Crippen molar-refractivity contribution in [3.8, 4) is 5.75 Å². The predicted octanol–water partition coefficient (Wildman–Crippen LogP) is 1.36. The first-order valence-corrected chi connectivity index (χ1v) is 8.10. The molecule has 0 radical (unpaired) electrons. The third-order valence-electron chi connectivity index (χ3n) is 4.36. The number of carbonyl (C=O) groups is 2. The Morgan fingerprint density at radius 3 is 2.54 bits per heavy atom. The highest BCUT2D eigenvalue weighted by atomic mass is 16.5. The number of ether oxygens (including phenoxy) is 1. The summed E-state index contributed by atoms with van der Waals surface area (Å²) in [7, 11) is 1.61. The fraction of sp³-hybridized carbons (Fsp3) is 0.529. The van der Waals surface area contributed by atoms with Gasteiger partial charge in [-0.15, -0.1) is 0 Å². The van der Waals surface area contributed by atoms with Crippen molar-refractivity contribution >= 4 is 11.9 Å². The second kappa shape index (κ2) is 7.63. The van der Waals surface area contributed by atoms with E-state index in [9.17, 15) is 14.7 Å². The number of benzene rings is 1. The molecular weight excluding hydrogens is 310 g/mol. The van der Waals surface area contributed by atoms with E-state index in [0.29, 0.717) is 19.3 Å². The number of amides is 1.